The molecule has 41 heavy (non-hydrogen) atoms. The van der Waals surface area contributed by atoms with Gasteiger partial charge in [0.1, 0.15) is 5.76 Å². The molecule has 1 N–H and O–H groups in total. The van der Waals surface area contributed by atoms with Crippen LogP contribution in [-0.4, -0.2) is 29.3 Å². The van der Waals surface area contributed by atoms with E-state index in [0.717, 1.165) is 26.9 Å². The van der Waals surface area contributed by atoms with Crippen molar-refractivity contribution in [2.45, 2.75) is 51.5 Å². The number of ketones is 1. The Balaban J connectivity index is 0.000000239. The number of fused-ring (bicyclic) bond motifs is 6. The number of carbonyl (C=O) groups is 1. The Morgan fingerprint density at radius 3 is 2.24 bits per heavy atom. The van der Waals surface area contributed by atoms with Crippen molar-refractivity contribution in [2.75, 3.05) is 0 Å². The van der Waals surface area contributed by atoms with Crippen molar-refractivity contribution in [3.05, 3.63) is 84.9 Å². The van der Waals surface area contributed by atoms with Crippen LogP contribution in [0, 0.1) is 16.9 Å². The molecule has 0 aliphatic carbocycles. The van der Waals surface area contributed by atoms with Gasteiger partial charge in [-0.15, -0.1) is 12.1 Å². The number of pyridine rings is 2. The average molecular weight is 744 g/mol. The molecule has 6 rings (SSSR count). The first-order chi connectivity index (χ1) is 18.7. The van der Waals surface area contributed by atoms with Crippen molar-refractivity contribution in [1.82, 2.24) is 9.97 Å². The third kappa shape index (κ3) is 5.44. The predicted octanol–water partition coefficient (Wildman–Crippen LogP) is 7.64. The molecule has 0 bridgehead atoms. The van der Waals surface area contributed by atoms with E-state index in [0.29, 0.717) is 16.6 Å². The van der Waals surface area contributed by atoms with Gasteiger partial charge in [-0.2, -0.15) is 0 Å². The van der Waals surface area contributed by atoms with E-state index in [2.05, 4.69) is 28.2 Å². The number of carbonyl (C=O) groups excluding carboxylic acids is 1. The molecule has 213 valence electrons. The molecule has 1 radical (unpaired) electrons. The van der Waals surface area contributed by atoms with Gasteiger partial charge in [0, 0.05) is 43.2 Å². The van der Waals surface area contributed by atoms with Crippen molar-refractivity contribution in [2.24, 2.45) is 10.8 Å². The van der Waals surface area contributed by atoms with Crippen molar-refractivity contribution in [3.8, 4) is 11.3 Å². The summed E-state index contributed by atoms with van der Waals surface area (Å²) in [6.45, 7) is 11.1. The summed E-state index contributed by atoms with van der Waals surface area (Å²) in [5.74, 6) is 0.104. The maximum atomic E-state index is 13.4. The molecule has 0 fully saturated rings. The molecular formula is C33H31IrN2O4S-. The fourth-order valence-corrected chi connectivity index (χ4v) is 6.19. The number of benzene rings is 3. The molecule has 0 spiro atoms. The Bertz CT molecular complexity index is 1970. The number of aliphatic hydroxyl groups excluding tert-OH is 1. The Kier molecular flexibility index (Phi) is 8.00. The van der Waals surface area contributed by atoms with Crippen molar-refractivity contribution < 1.29 is 38.4 Å². The normalized spacial score (nSPS) is 14.1. The molecule has 3 heterocycles. The van der Waals surface area contributed by atoms with Crippen LogP contribution < -0.4 is 0 Å². The summed E-state index contributed by atoms with van der Waals surface area (Å²) in [4.78, 5) is 20.4. The van der Waals surface area contributed by atoms with Gasteiger partial charge in [0.05, 0.1) is 9.92 Å². The van der Waals surface area contributed by atoms with E-state index in [1.807, 2.05) is 71.9 Å². The van der Waals surface area contributed by atoms with Crippen LogP contribution in [0.1, 0.15) is 41.5 Å². The van der Waals surface area contributed by atoms with Crippen molar-refractivity contribution >= 4 is 47.9 Å². The average Bonchev–Trinajstić information content (AvgIpc) is 2.90. The molecule has 0 saturated heterocycles. The van der Waals surface area contributed by atoms with Gasteiger partial charge in [0.25, 0.3) is 0 Å². The molecule has 3 aromatic carbocycles. The van der Waals surface area contributed by atoms with E-state index >= 15 is 0 Å². The molecule has 2 aromatic heterocycles. The molecule has 0 atom stereocenters. The summed E-state index contributed by atoms with van der Waals surface area (Å²) < 4.78 is 26.7. The maximum absolute atomic E-state index is 13.4. The first-order valence-electron chi connectivity index (χ1n) is 13.0. The molecular weight excluding hydrogens is 713 g/mol. The van der Waals surface area contributed by atoms with Crippen LogP contribution in [0.3, 0.4) is 0 Å². The minimum absolute atomic E-state index is 0. The first kappa shape index (κ1) is 30.5. The monoisotopic (exact) mass is 744 g/mol. The van der Waals surface area contributed by atoms with Gasteiger partial charge in [-0.25, -0.2) is 8.42 Å². The zero-order chi connectivity index (χ0) is 29.0. The smallest absolute Gasteiger partial charge is 0.188 e. The Morgan fingerprint density at radius 1 is 0.854 bits per heavy atom. The Hall–Kier alpha value is -3.45. The number of hydrogen-bond donors (Lipinski definition) is 1. The second-order valence-corrected chi connectivity index (χ2v) is 13.8. The van der Waals surface area contributed by atoms with E-state index in [1.165, 1.54) is 12.3 Å². The summed E-state index contributed by atoms with van der Waals surface area (Å²) in [6, 6.07) is 20.4. The number of aromatic nitrogens is 2. The SMILES string of the molecule is CC(C)(C)C(=O)/C=C(\O)C(C)(C)C.O=S1(=O)c2ncc[c-]c2-c2nccc3c2c1cc1c2ccccc2ccc31.[Ir]. The van der Waals surface area contributed by atoms with Crippen molar-refractivity contribution in [3.63, 3.8) is 0 Å². The molecule has 6 nitrogen and oxygen atoms in total. The third-order valence-corrected chi connectivity index (χ3v) is 8.72. The number of nitrogens with zero attached hydrogens (tertiary/aromatic N) is 2. The van der Waals surface area contributed by atoms with Gasteiger partial charge in [-0.1, -0.05) is 89.7 Å². The minimum Gasteiger partial charge on any atom is -0.512 e. The largest absolute Gasteiger partial charge is 0.512 e. The number of hydrogen-bond acceptors (Lipinski definition) is 6. The summed E-state index contributed by atoms with van der Waals surface area (Å²) in [7, 11) is -3.75. The standard InChI is InChI=1S/C22H11N2O2S.C11H20O2.Ir/c25-27(26)19-12-18-14-5-2-1-4-13(14)7-8-15(18)16-9-11-23-21(20(16)19)17-6-3-10-24-22(17)27;1-10(2,3)8(12)7-9(13)11(4,5)6;/h1-5,7-12H;7,12H,1-6H3;/q-1;;/b;8-7-;. The minimum atomic E-state index is -3.75. The van der Waals surface area contributed by atoms with Crippen LogP contribution in [0.4, 0.5) is 0 Å². The number of rotatable bonds is 1. The molecule has 1 aliphatic rings. The van der Waals surface area contributed by atoms with Gasteiger partial charge in [0.15, 0.2) is 15.6 Å². The van der Waals surface area contributed by atoms with E-state index in [-0.39, 0.29) is 47.0 Å². The topological polar surface area (TPSA) is 97.2 Å². The van der Waals surface area contributed by atoms with E-state index in [4.69, 9.17) is 0 Å². The van der Waals surface area contributed by atoms with Crippen LogP contribution >= 0.6 is 0 Å². The third-order valence-electron chi connectivity index (χ3n) is 7.00. The number of aliphatic hydroxyl groups is 1. The second kappa shape index (κ2) is 10.7. The quantitative estimate of drug-likeness (QED) is 0.0806. The van der Waals surface area contributed by atoms with Gasteiger partial charge in [-0.3, -0.25) is 4.79 Å². The van der Waals surface area contributed by atoms with E-state index in [9.17, 15) is 18.3 Å². The first-order valence-corrected chi connectivity index (χ1v) is 14.5. The molecule has 1 aliphatic heterocycles. The van der Waals surface area contributed by atoms with Crippen molar-refractivity contribution in [1.29, 1.82) is 0 Å². The van der Waals surface area contributed by atoms with Gasteiger partial charge in [-0.05, 0) is 50.1 Å². The molecule has 8 heteroatoms. The van der Waals surface area contributed by atoms with Crippen LogP contribution in [0.25, 0.3) is 43.6 Å². The zero-order valence-electron chi connectivity index (χ0n) is 23.7. The summed E-state index contributed by atoms with van der Waals surface area (Å²) in [5, 5.41) is 15.1. The molecule has 5 aromatic rings. The van der Waals surface area contributed by atoms with Crippen LogP contribution in [0.5, 0.6) is 0 Å². The van der Waals surface area contributed by atoms with E-state index in [1.54, 1.807) is 18.3 Å². The molecule has 0 amide bonds. The molecule has 0 saturated carbocycles. The molecule has 0 unspecified atom stereocenters. The van der Waals surface area contributed by atoms with Gasteiger partial charge in [0.2, 0.25) is 0 Å². The maximum Gasteiger partial charge on any atom is 0.188 e. The second-order valence-electron chi connectivity index (χ2n) is 12.0. The van der Waals surface area contributed by atoms with Crippen LogP contribution in [-0.2, 0) is 34.7 Å². The summed E-state index contributed by atoms with van der Waals surface area (Å²) in [6.07, 6.45) is 4.51. The summed E-state index contributed by atoms with van der Waals surface area (Å²) in [5.41, 5.74) is 0.298. The predicted molar refractivity (Wildman–Crippen MR) is 159 cm³/mol. The van der Waals surface area contributed by atoms with E-state index < -0.39 is 15.3 Å². The fraction of sp³-hybridized carbons (Fsp3) is 0.242. The zero-order valence-corrected chi connectivity index (χ0v) is 26.9. The number of sulfone groups is 1. The van der Waals surface area contributed by atoms with Crippen LogP contribution in [0.2, 0.25) is 0 Å². The van der Waals surface area contributed by atoms with Gasteiger partial charge < -0.3 is 15.1 Å². The van der Waals surface area contributed by atoms with Crippen LogP contribution in [0.15, 0.2) is 88.7 Å². The number of allylic oxidation sites excluding steroid dienone is 2. The Morgan fingerprint density at radius 2 is 1.56 bits per heavy atom. The van der Waals surface area contributed by atoms with Gasteiger partial charge >= 0.3 is 0 Å². The summed E-state index contributed by atoms with van der Waals surface area (Å²) >= 11 is 0. The fourth-order valence-electron chi connectivity index (χ4n) is 4.61. The Labute approximate surface area is 253 Å².